The largest absolute Gasteiger partial charge is 0.315 e. The van der Waals surface area contributed by atoms with E-state index < -0.39 is 10.0 Å². The Morgan fingerprint density at radius 3 is 2.45 bits per heavy atom. The summed E-state index contributed by atoms with van der Waals surface area (Å²) in [6.45, 7) is 7.17. The van der Waals surface area contributed by atoms with E-state index in [2.05, 4.69) is 19.2 Å². The fraction of sp³-hybridized carbons (Fsp3) is 0.625. The van der Waals surface area contributed by atoms with E-state index in [4.69, 9.17) is 0 Å². The number of hydrogen-bond donors (Lipinski definition) is 1. The number of benzene rings is 1. The zero-order valence-electron chi connectivity index (χ0n) is 13.4. The molecule has 1 aliphatic rings. The fourth-order valence-electron chi connectivity index (χ4n) is 2.49. The van der Waals surface area contributed by atoms with E-state index in [1.807, 2.05) is 12.1 Å². The molecule has 4 nitrogen and oxygen atoms in total. The molecule has 0 saturated carbocycles. The molecule has 22 heavy (non-hydrogen) atoms. The van der Waals surface area contributed by atoms with Gasteiger partial charge in [0.05, 0.1) is 4.90 Å². The molecule has 0 spiro atoms. The second-order valence-corrected chi connectivity index (χ2v) is 8.02. The Hall–Kier alpha value is -0.620. The lowest BCUT2D eigenvalue weighted by Crippen LogP contribution is -2.34. The quantitative estimate of drug-likeness (QED) is 0.891. The normalized spacial score (nSPS) is 17.0. The van der Waals surface area contributed by atoms with Gasteiger partial charge in [0, 0.05) is 19.6 Å². The van der Waals surface area contributed by atoms with Crippen LogP contribution in [0.3, 0.4) is 0 Å². The predicted molar refractivity (Wildman–Crippen MR) is 93.1 cm³/mol. The molecule has 1 fully saturated rings. The molecule has 1 heterocycles. The van der Waals surface area contributed by atoms with Gasteiger partial charge in [-0.15, -0.1) is 12.4 Å². The maximum absolute atomic E-state index is 12.6. The average Bonchev–Trinajstić information content (AvgIpc) is 2.75. The zero-order chi connectivity index (χ0) is 15.3. The lowest BCUT2D eigenvalue weighted by molar-refractivity contribution is 0.432. The van der Waals surface area contributed by atoms with Crippen LogP contribution >= 0.6 is 12.4 Å². The molecule has 0 radical (unpaired) electrons. The highest BCUT2D eigenvalue weighted by atomic mass is 35.5. The summed E-state index contributed by atoms with van der Waals surface area (Å²) in [6, 6.07) is 7.41. The van der Waals surface area contributed by atoms with E-state index >= 15 is 0 Å². The number of hydrogen-bond acceptors (Lipinski definition) is 3. The number of sulfonamides is 1. The van der Waals surface area contributed by atoms with Crippen molar-refractivity contribution in [1.82, 2.24) is 9.62 Å². The van der Waals surface area contributed by atoms with Crippen molar-refractivity contribution in [1.29, 1.82) is 0 Å². The number of nitrogens with one attached hydrogen (secondary N) is 1. The van der Waals surface area contributed by atoms with Gasteiger partial charge in [0.15, 0.2) is 0 Å². The molecule has 1 aromatic rings. The fourth-order valence-corrected chi connectivity index (χ4v) is 3.97. The van der Waals surface area contributed by atoms with E-state index in [0.29, 0.717) is 23.9 Å². The molecule has 0 aromatic heterocycles. The summed E-state index contributed by atoms with van der Waals surface area (Å²) in [5.74, 6) is 0.665. The van der Waals surface area contributed by atoms with Crippen LogP contribution in [0.4, 0.5) is 0 Å². The third kappa shape index (κ3) is 5.23. The van der Waals surface area contributed by atoms with E-state index in [0.717, 1.165) is 32.4 Å². The van der Waals surface area contributed by atoms with Crippen LogP contribution in [0, 0.1) is 5.92 Å². The minimum absolute atomic E-state index is 0. The molecule has 6 heteroatoms. The third-order valence-corrected chi connectivity index (χ3v) is 5.78. The summed E-state index contributed by atoms with van der Waals surface area (Å²) in [5.41, 5.74) is 1.21. The second kappa shape index (κ2) is 8.87. The summed E-state index contributed by atoms with van der Waals surface area (Å²) < 4.78 is 26.8. The summed E-state index contributed by atoms with van der Waals surface area (Å²) in [4.78, 5) is 0.415. The molecule has 1 saturated heterocycles. The standard InChI is InChI=1S/C16H26N2O2S.ClH/c1-14(2)4-5-15-6-8-16(9-7-15)21(19,20)18-12-3-10-17-11-13-18;/h6-9,14,17H,3-5,10-13H2,1-2H3;1H. The van der Waals surface area contributed by atoms with Gasteiger partial charge in [-0.05, 0) is 49.4 Å². The Bertz CT molecular complexity index is 536. The van der Waals surface area contributed by atoms with Gasteiger partial charge in [-0.3, -0.25) is 0 Å². The summed E-state index contributed by atoms with van der Waals surface area (Å²) in [5, 5.41) is 3.23. The molecule has 0 atom stereocenters. The summed E-state index contributed by atoms with van der Waals surface area (Å²) >= 11 is 0. The first-order chi connectivity index (χ1) is 10.00. The Morgan fingerprint density at radius 1 is 1.14 bits per heavy atom. The van der Waals surface area contributed by atoms with Gasteiger partial charge < -0.3 is 5.32 Å². The number of halogens is 1. The maximum atomic E-state index is 12.6. The van der Waals surface area contributed by atoms with Crippen LogP contribution in [0.25, 0.3) is 0 Å². The molecular formula is C16H27ClN2O2S. The van der Waals surface area contributed by atoms with Gasteiger partial charge >= 0.3 is 0 Å². The second-order valence-electron chi connectivity index (χ2n) is 6.08. The van der Waals surface area contributed by atoms with Gasteiger partial charge in [0.2, 0.25) is 10.0 Å². The molecule has 0 aliphatic carbocycles. The smallest absolute Gasteiger partial charge is 0.243 e. The van der Waals surface area contributed by atoms with Crippen molar-refractivity contribution in [3.63, 3.8) is 0 Å². The van der Waals surface area contributed by atoms with Crippen molar-refractivity contribution in [2.45, 2.75) is 38.0 Å². The van der Waals surface area contributed by atoms with Gasteiger partial charge in [-0.2, -0.15) is 4.31 Å². The van der Waals surface area contributed by atoms with Crippen molar-refractivity contribution < 1.29 is 8.42 Å². The van der Waals surface area contributed by atoms with Gasteiger partial charge in [0.1, 0.15) is 0 Å². The van der Waals surface area contributed by atoms with Crippen LogP contribution in [0.2, 0.25) is 0 Å². The lowest BCUT2D eigenvalue weighted by Gasteiger charge is -2.19. The minimum atomic E-state index is -3.34. The van der Waals surface area contributed by atoms with Crippen molar-refractivity contribution in [3.05, 3.63) is 29.8 Å². The molecule has 126 valence electrons. The Labute approximate surface area is 140 Å². The maximum Gasteiger partial charge on any atom is 0.243 e. The van der Waals surface area contributed by atoms with Gasteiger partial charge in [-0.25, -0.2) is 8.42 Å². The van der Waals surface area contributed by atoms with Gasteiger partial charge in [-0.1, -0.05) is 26.0 Å². The number of rotatable bonds is 5. The lowest BCUT2D eigenvalue weighted by atomic mass is 10.0. The predicted octanol–water partition coefficient (Wildman–Crippen LogP) is 2.68. The molecule has 0 bridgehead atoms. The SMILES string of the molecule is CC(C)CCc1ccc(S(=O)(=O)N2CCCNCC2)cc1.Cl. The first-order valence-corrected chi connectivity index (χ1v) is 9.24. The van der Waals surface area contributed by atoms with E-state index in [9.17, 15) is 8.42 Å². The minimum Gasteiger partial charge on any atom is -0.315 e. The number of aryl methyl sites for hydroxylation is 1. The van der Waals surface area contributed by atoms with E-state index in [1.165, 1.54) is 5.56 Å². The molecule has 1 N–H and O–H groups in total. The molecule has 2 rings (SSSR count). The highest BCUT2D eigenvalue weighted by Gasteiger charge is 2.24. The Balaban J connectivity index is 0.00000242. The Morgan fingerprint density at radius 2 is 1.82 bits per heavy atom. The highest BCUT2D eigenvalue weighted by Crippen LogP contribution is 2.18. The third-order valence-electron chi connectivity index (χ3n) is 3.87. The summed E-state index contributed by atoms with van der Waals surface area (Å²) in [6.07, 6.45) is 3.00. The highest BCUT2D eigenvalue weighted by molar-refractivity contribution is 7.89. The van der Waals surface area contributed by atoms with Crippen molar-refractivity contribution in [3.8, 4) is 0 Å². The van der Waals surface area contributed by atoms with Crippen molar-refractivity contribution >= 4 is 22.4 Å². The van der Waals surface area contributed by atoms with Crippen molar-refractivity contribution in [2.75, 3.05) is 26.2 Å². The molecule has 1 aromatic carbocycles. The molecule has 1 aliphatic heterocycles. The average molecular weight is 347 g/mol. The number of nitrogens with zero attached hydrogens (tertiary/aromatic N) is 1. The zero-order valence-corrected chi connectivity index (χ0v) is 15.0. The Kier molecular flexibility index (Phi) is 7.83. The van der Waals surface area contributed by atoms with Crippen LogP contribution in [0.5, 0.6) is 0 Å². The van der Waals surface area contributed by atoms with E-state index in [-0.39, 0.29) is 12.4 Å². The summed E-state index contributed by atoms with van der Waals surface area (Å²) in [7, 11) is -3.34. The molecular weight excluding hydrogens is 320 g/mol. The van der Waals surface area contributed by atoms with Crippen molar-refractivity contribution in [2.24, 2.45) is 5.92 Å². The van der Waals surface area contributed by atoms with Crippen LogP contribution in [-0.4, -0.2) is 38.9 Å². The first kappa shape index (κ1) is 19.4. The van der Waals surface area contributed by atoms with E-state index in [1.54, 1.807) is 16.4 Å². The van der Waals surface area contributed by atoms with Crippen LogP contribution in [-0.2, 0) is 16.4 Å². The monoisotopic (exact) mass is 346 g/mol. The van der Waals surface area contributed by atoms with Gasteiger partial charge in [0.25, 0.3) is 0 Å². The first-order valence-electron chi connectivity index (χ1n) is 7.80. The molecule has 0 unspecified atom stereocenters. The van der Waals surface area contributed by atoms with Crippen LogP contribution < -0.4 is 5.32 Å². The topological polar surface area (TPSA) is 49.4 Å². The van der Waals surface area contributed by atoms with Crippen LogP contribution in [0.15, 0.2) is 29.2 Å². The van der Waals surface area contributed by atoms with Crippen LogP contribution in [0.1, 0.15) is 32.3 Å². The molecule has 0 amide bonds.